The third kappa shape index (κ3) is 4.36. The summed E-state index contributed by atoms with van der Waals surface area (Å²) in [6.45, 7) is 5.74. The van der Waals surface area contributed by atoms with Crippen LogP contribution in [0, 0.1) is 5.92 Å². The van der Waals surface area contributed by atoms with E-state index in [1.54, 1.807) is 19.5 Å². The van der Waals surface area contributed by atoms with Gasteiger partial charge in [-0.05, 0) is 12.0 Å². The van der Waals surface area contributed by atoms with Crippen molar-refractivity contribution in [1.82, 2.24) is 15.3 Å². The quantitative estimate of drug-likeness (QED) is 0.765. The molecule has 0 radical (unpaired) electrons. The molecule has 4 nitrogen and oxygen atoms in total. The van der Waals surface area contributed by atoms with E-state index in [0.29, 0.717) is 25.1 Å². The highest BCUT2D eigenvalue weighted by Crippen LogP contribution is 2.02. The van der Waals surface area contributed by atoms with Crippen molar-refractivity contribution in [1.29, 1.82) is 0 Å². The lowest BCUT2D eigenvalue weighted by molar-refractivity contribution is 0.146. The molecule has 0 amide bonds. The molecule has 1 aromatic heterocycles. The zero-order chi connectivity index (χ0) is 11.1. The van der Waals surface area contributed by atoms with Crippen LogP contribution in [0.1, 0.15) is 19.7 Å². The van der Waals surface area contributed by atoms with Crippen LogP contribution in [0.3, 0.4) is 0 Å². The molecule has 0 aliphatic rings. The molecule has 1 unspecified atom stereocenters. The lowest BCUT2D eigenvalue weighted by Gasteiger charge is -2.20. The number of ether oxygens (including phenoxy) is 1. The molecule has 1 rings (SSSR count). The minimum Gasteiger partial charge on any atom is -0.383 e. The SMILES string of the molecule is COCC(NCc1ncccn1)C(C)C. The maximum Gasteiger partial charge on any atom is 0.141 e. The lowest BCUT2D eigenvalue weighted by atomic mass is 10.1. The molecule has 84 valence electrons. The van der Waals surface area contributed by atoms with Crippen LogP contribution in [0.5, 0.6) is 0 Å². The van der Waals surface area contributed by atoms with Gasteiger partial charge in [-0.2, -0.15) is 0 Å². The maximum atomic E-state index is 5.15. The summed E-state index contributed by atoms with van der Waals surface area (Å²) in [6.07, 6.45) is 3.51. The molecule has 0 bridgehead atoms. The highest BCUT2D eigenvalue weighted by atomic mass is 16.5. The van der Waals surface area contributed by atoms with Gasteiger partial charge in [-0.3, -0.25) is 0 Å². The zero-order valence-electron chi connectivity index (χ0n) is 9.60. The molecule has 1 aromatic rings. The Balaban J connectivity index is 2.40. The molecule has 15 heavy (non-hydrogen) atoms. The van der Waals surface area contributed by atoms with Gasteiger partial charge in [0.1, 0.15) is 5.82 Å². The Bertz CT molecular complexity index is 264. The third-order valence-corrected chi connectivity index (χ3v) is 2.29. The van der Waals surface area contributed by atoms with E-state index in [1.165, 1.54) is 0 Å². The fourth-order valence-corrected chi connectivity index (χ4v) is 1.31. The molecule has 4 heteroatoms. The number of nitrogens with one attached hydrogen (secondary N) is 1. The van der Waals surface area contributed by atoms with Crippen LogP contribution in [0.4, 0.5) is 0 Å². The number of rotatable bonds is 6. The van der Waals surface area contributed by atoms with Crippen LogP contribution in [0.25, 0.3) is 0 Å². The van der Waals surface area contributed by atoms with Gasteiger partial charge in [0.05, 0.1) is 13.2 Å². The van der Waals surface area contributed by atoms with Crippen molar-refractivity contribution in [3.05, 3.63) is 24.3 Å². The number of hydrogen-bond donors (Lipinski definition) is 1. The number of aromatic nitrogens is 2. The van der Waals surface area contributed by atoms with Gasteiger partial charge >= 0.3 is 0 Å². The monoisotopic (exact) mass is 209 g/mol. The molecule has 0 fully saturated rings. The highest BCUT2D eigenvalue weighted by molar-refractivity contribution is 4.88. The summed E-state index contributed by atoms with van der Waals surface area (Å²) in [5.74, 6) is 1.35. The van der Waals surface area contributed by atoms with E-state index in [4.69, 9.17) is 4.74 Å². The van der Waals surface area contributed by atoms with Gasteiger partial charge in [0.2, 0.25) is 0 Å². The molecule has 0 saturated carbocycles. The van der Waals surface area contributed by atoms with E-state index in [0.717, 1.165) is 5.82 Å². The molecule has 1 atom stereocenters. The van der Waals surface area contributed by atoms with Crippen molar-refractivity contribution in [2.75, 3.05) is 13.7 Å². The van der Waals surface area contributed by atoms with E-state index in [1.807, 2.05) is 6.07 Å². The summed E-state index contributed by atoms with van der Waals surface area (Å²) < 4.78 is 5.15. The fourth-order valence-electron chi connectivity index (χ4n) is 1.31. The molecule has 0 aliphatic carbocycles. The van der Waals surface area contributed by atoms with Gasteiger partial charge in [0.15, 0.2) is 0 Å². The normalized spacial score (nSPS) is 13.1. The molecule has 0 spiro atoms. The highest BCUT2D eigenvalue weighted by Gasteiger charge is 2.12. The Kier molecular flexibility index (Phi) is 5.21. The van der Waals surface area contributed by atoms with E-state index in [9.17, 15) is 0 Å². The maximum absolute atomic E-state index is 5.15. The number of nitrogens with zero attached hydrogens (tertiary/aromatic N) is 2. The van der Waals surface area contributed by atoms with Gasteiger partial charge in [0, 0.05) is 25.5 Å². The first-order valence-electron chi connectivity index (χ1n) is 5.22. The largest absolute Gasteiger partial charge is 0.383 e. The van der Waals surface area contributed by atoms with Crippen LogP contribution in [-0.2, 0) is 11.3 Å². The van der Waals surface area contributed by atoms with Crippen LogP contribution in [-0.4, -0.2) is 29.7 Å². The first-order valence-corrected chi connectivity index (χ1v) is 5.22. The standard InChI is InChI=1S/C11H19N3O/c1-9(2)10(8-15-3)14-7-11-12-5-4-6-13-11/h4-6,9-10,14H,7-8H2,1-3H3. The van der Waals surface area contributed by atoms with Crippen molar-refractivity contribution < 1.29 is 4.74 Å². The van der Waals surface area contributed by atoms with Crippen molar-refractivity contribution in [3.63, 3.8) is 0 Å². The van der Waals surface area contributed by atoms with Crippen LogP contribution in [0.15, 0.2) is 18.5 Å². The van der Waals surface area contributed by atoms with Crippen LogP contribution in [0.2, 0.25) is 0 Å². The van der Waals surface area contributed by atoms with E-state index in [-0.39, 0.29) is 0 Å². The average Bonchev–Trinajstić information content (AvgIpc) is 2.25. The number of methoxy groups -OCH3 is 1. The Morgan fingerprint density at radius 1 is 1.33 bits per heavy atom. The Hall–Kier alpha value is -1.00. The molecule has 0 aliphatic heterocycles. The topological polar surface area (TPSA) is 47.0 Å². The number of hydrogen-bond acceptors (Lipinski definition) is 4. The van der Waals surface area contributed by atoms with Gasteiger partial charge in [0.25, 0.3) is 0 Å². The lowest BCUT2D eigenvalue weighted by Crippen LogP contribution is -2.37. The van der Waals surface area contributed by atoms with Gasteiger partial charge in [-0.15, -0.1) is 0 Å². The van der Waals surface area contributed by atoms with E-state index >= 15 is 0 Å². The Labute approximate surface area is 91.1 Å². The van der Waals surface area contributed by atoms with Gasteiger partial charge < -0.3 is 10.1 Å². The predicted molar refractivity (Wildman–Crippen MR) is 59.4 cm³/mol. The summed E-state index contributed by atoms with van der Waals surface area (Å²) >= 11 is 0. The Morgan fingerprint density at radius 2 is 2.00 bits per heavy atom. The molecule has 1 heterocycles. The predicted octanol–water partition coefficient (Wildman–Crippen LogP) is 1.24. The van der Waals surface area contributed by atoms with Crippen LogP contribution >= 0.6 is 0 Å². The summed E-state index contributed by atoms with van der Waals surface area (Å²) in [7, 11) is 1.72. The van der Waals surface area contributed by atoms with E-state index < -0.39 is 0 Å². The first kappa shape index (κ1) is 12.1. The summed E-state index contributed by atoms with van der Waals surface area (Å²) in [5, 5.41) is 3.39. The van der Waals surface area contributed by atoms with Crippen molar-refractivity contribution in [2.24, 2.45) is 5.92 Å². The molecule has 1 N–H and O–H groups in total. The third-order valence-electron chi connectivity index (χ3n) is 2.29. The minimum absolute atomic E-state index is 0.346. The zero-order valence-corrected chi connectivity index (χ0v) is 9.60. The smallest absolute Gasteiger partial charge is 0.141 e. The molecular weight excluding hydrogens is 190 g/mol. The van der Waals surface area contributed by atoms with Gasteiger partial charge in [-0.1, -0.05) is 13.8 Å². The molecule has 0 aromatic carbocycles. The van der Waals surface area contributed by atoms with Gasteiger partial charge in [-0.25, -0.2) is 9.97 Å². The Morgan fingerprint density at radius 3 is 2.53 bits per heavy atom. The summed E-state index contributed by atoms with van der Waals surface area (Å²) in [6, 6.07) is 2.16. The van der Waals surface area contributed by atoms with E-state index in [2.05, 4.69) is 29.1 Å². The van der Waals surface area contributed by atoms with Crippen LogP contribution < -0.4 is 5.32 Å². The second kappa shape index (κ2) is 6.48. The summed E-state index contributed by atoms with van der Waals surface area (Å²) in [5.41, 5.74) is 0. The summed E-state index contributed by atoms with van der Waals surface area (Å²) in [4.78, 5) is 8.31. The van der Waals surface area contributed by atoms with Crippen molar-refractivity contribution in [2.45, 2.75) is 26.4 Å². The average molecular weight is 209 g/mol. The fraction of sp³-hybridized carbons (Fsp3) is 0.636. The molecule has 0 saturated heterocycles. The van der Waals surface area contributed by atoms with Crippen molar-refractivity contribution in [3.8, 4) is 0 Å². The van der Waals surface area contributed by atoms with Crippen molar-refractivity contribution >= 4 is 0 Å². The second-order valence-corrected chi connectivity index (χ2v) is 3.85. The molecular formula is C11H19N3O. The first-order chi connectivity index (χ1) is 7.24. The minimum atomic E-state index is 0.346. The second-order valence-electron chi connectivity index (χ2n) is 3.85.